The molecule has 1 fully saturated rings. The van der Waals surface area contributed by atoms with E-state index in [1.165, 1.54) is 69.4 Å². The summed E-state index contributed by atoms with van der Waals surface area (Å²) in [6, 6.07) is 11.9. The topological polar surface area (TPSA) is 44.8 Å². The normalized spacial score (nSPS) is 17.9. The molecule has 1 heterocycles. The van der Waals surface area contributed by atoms with Crippen molar-refractivity contribution in [1.29, 1.82) is 0 Å². The van der Waals surface area contributed by atoms with Gasteiger partial charge in [0.15, 0.2) is 6.29 Å². The first kappa shape index (κ1) is 27.3. The average Bonchev–Trinajstić information content (AvgIpc) is 2.88. The third-order valence-electron chi connectivity index (χ3n) is 6.63. The van der Waals surface area contributed by atoms with Gasteiger partial charge in [0.05, 0.1) is 18.8 Å². The van der Waals surface area contributed by atoms with Crippen LogP contribution in [0.2, 0.25) is 0 Å². The number of hydrogen-bond donors (Lipinski definition) is 0. The molecule has 0 aliphatic carbocycles. The second-order valence-corrected chi connectivity index (χ2v) is 9.65. The molecule has 1 saturated heterocycles. The van der Waals surface area contributed by atoms with Crippen LogP contribution in [0.5, 0.6) is 5.75 Å². The molecule has 0 saturated carbocycles. The van der Waals surface area contributed by atoms with Gasteiger partial charge in [0.25, 0.3) is 0 Å². The van der Waals surface area contributed by atoms with E-state index < -0.39 is 18.1 Å². The summed E-state index contributed by atoms with van der Waals surface area (Å²) < 4.78 is 31.8. The number of ether oxygens (including phenoxy) is 3. The minimum Gasteiger partial charge on any atom is -0.423 e. The predicted octanol–water partition coefficient (Wildman–Crippen LogP) is 8.19. The van der Waals surface area contributed by atoms with Crippen LogP contribution in [-0.2, 0) is 15.9 Å². The van der Waals surface area contributed by atoms with Crippen LogP contribution < -0.4 is 4.74 Å². The quantitative estimate of drug-likeness (QED) is 0.154. The van der Waals surface area contributed by atoms with Gasteiger partial charge in [-0.1, -0.05) is 83.4 Å². The largest absolute Gasteiger partial charge is 0.423 e. The SMILES string of the molecule is CCCCCCCc1ccc(OC(=O)c2ccc(C3OCC(CCCCCC)CO3)c(F)c2)cc1. The molecular weight excluding hydrogens is 443 g/mol. The van der Waals surface area contributed by atoms with Crippen molar-refractivity contribution in [3.05, 3.63) is 65.0 Å². The molecule has 1 aliphatic rings. The van der Waals surface area contributed by atoms with Crippen molar-refractivity contribution in [2.75, 3.05) is 13.2 Å². The molecule has 4 nitrogen and oxygen atoms in total. The monoisotopic (exact) mass is 484 g/mol. The Bertz CT molecular complexity index is 888. The first-order valence-corrected chi connectivity index (χ1v) is 13.4. The van der Waals surface area contributed by atoms with Crippen molar-refractivity contribution >= 4 is 5.97 Å². The summed E-state index contributed by atoms with van der Waals surface area (Å²) in [5.41, 5.74) is 1.71. The predicted molar refractivity (Wildman–Crippen MR) is 137 cm³/mol. The zero-order valence-electron chi connectivity index (χ0n) is 21.4. The zero-order valence-corrected chi connectivity index (χ0v) is 21.4. The van der Waals surface area contributed by atoms with Crippen LogP contribution in [0.1, 0.15) is 106 Å². The number of carbonyl (C=O) groups excluding carboxylic acids is 1. The van der Waals surface area contributed by atoms with Crippen LogP contribution >= 0.6 is 0 Å². The number of carbonyl (C=O) groups is 1. The molecule has 3 rings (SSSR count). The van der Waals surface area contributed by atoms with Gasteiger partial charge in [0, 0.05) is 11.5 Å². The highest BCUT2D eigenvalue weighted by molar-refractivity contribution is 5.91. The van der Waals surface area contributed by atoms with Crippen molar-refractivity contribution in [1.82, 2.24) is 0 Å². The van der Waals surface area contributed by atoms with Gasteiger partial charge in [0.2, 0.25) is 0 Å². The van der Waals surface area contributed by atoms with Gasteiger partial charge in [-0.15, -0.1) is 0 Å². The van der Waals surface area contributed by atoms with Gasteiger partial charge >= 0.3 is 5.97 Å². The maximum atomic E-state index is 14.8. The van der Waals surface area contributed by atoms with E-state index in [-0.39, 0.29) is 5.56 Å². The van der Waals surface area contributed by atoms with Crippen molar-refractivity contribution in [2.45, 2.75) is 90.8 Å². The lowest BCUT2D eigenvalue weighted by atomic mass is 10.0. The van der Waals surface area contributed by atoms with Crippen LogP contribution in [0.4, 0.5) is 4.39 Å². The Morgan fingerprint density at radius 3 is 2.20 bits per heavy atom. The minimum atomic E-state index is -0.735. The smallest absolute Gasteiger partial charge is 0.343 e. The van der Waals surface area contributed by atoms with Gasteiger partial charge < -0.3 is 14.2 Å². The van der Waals surface area contributed by atoms with Crippen molar-refractivity contribution < 1.29 is 23.4 Å². The Kier molecular flexibility index (Phi) is 11.7. The Balaban J connectivity index is 1.46. The van der Waals surface area contributed by atoms with E-state index in [0.717, 1.165) is 12.8 Å². The number of unbranched alkanes of at least 4 members (excludes halogenated alkanes) is 7. The van der Waals surface area contributed by atoms with E-state index in [1.54, 1.807) is 24.3 Å². The minimum absolute atomic E-state index is 0.163. The van der Waals surface area contributed by atoms with Crippen LogP contribution in [0, 0.1) is 11.7 Å². The summed E-state index contributed by atoms with van der Waals surface area (Å²) in [7, 11) is 0. The fourth-order valence-corrected chi connectivity index (χ4v) is 4.42. The summed E-state index contributed by atoms with van der Waals surface area (Å²) in [5.74, 6) is -0.296. The van der Waals surface area contributed by atoms with Crippen LogP contribution in [0.25, 0.3) is 0 Å². The molecule has 192 valence electrons. The highest BCUT2D eigenvalue weighted by atomic mass is 19.1. The van der Waals surface area contributed by atoms with E-state index in [0.29, 0.717) is 30.4 Å². The molecule has 2 aromatic rings. The lowest BCUT2D eigenvalue weighted by Gasteiger charge is -2.30. The molecule has 0 N–H and O–H groups in total. The summed E-state index contributed by atoms with van der Waals surface area (Å²) in [6.45, 7) is 5.54. The molecule has 2 aromatic carbocycles. The van der Waals surface area contributed by atoms with Gasteiger partial charge in [-0.05, 0) is 49.1 Å². The van der Waals surface area contributed by atoms with E-state index in [9.17, 15) is 9.18 Å². The molecule has 0 radical (unpaired) electrons. The van der Waals surface area contributed by atoms with E-state index in [4.69, 9.17) is 14.2 Å². The van der Waals surface area contributed by atoms with Gasteiger partial charge in [-0.2, -0.15) is 0 Å². The summed E-state index contributed by atoms with van der Waals surface area (Å²) >= 11 is 0. The molecule has 0 amide bonds. The van der Waals surface area contributed by atoms with Crippen LogP contribution in [0.15, 0.2) is 42.5 Å². The third kappa shape index (κ3) is 9.05. The number of halogens is 1. The molecule has 1 aliphatic heterocycles. The molecular formula is C30H41FO4. The number of esters is 1. The lowest BCUT2D eigenvalue weighted by molar-refractivity contribution is -0.207. The fourth-order valence-electron chi connectivity index (χ4n) is 4.42. The number of aryl methyl sites for hydroxylation is 1. The molecule has 35 heavy (non-hydrogen) atoms. The lowest BCUT2D eigenvalue weighted by Crippen LogP contribution is -2.27. The van der Waals surface area contributed by atoms with E-state index in [1.807, 2.05) is 12.1 Å². The summed E-state index contributed by atoms with van der Waals surface area (Å²) in [6.07, 6.45) is 12.4. The average molecular weight is 485 g/mol. The first-order valence-electron chi connectivity index (χ1n) is 13.4. The van der Waals surface area contributed by atoms with Crippen molar-refractivity contribution in [3.8, 4) is 5.75 Å². The maximum Gasteiger partial charge on any atom is 0.343 e. The standard InChI is InChI=1S/C30H41FO4/c1-3-5-7-9-11-12-23-14-17-26(18-15-23)35-29(32)25-16-19-27(28(31)20-25)30-33-21-24(22-34-30)13-10-8-6-4-2/h14-20,24,30H,3-13,21-22H2,1-2H3. The van der Waals surface area contributed by atoms with Crippen molar-refractivity contribution in [3.63, 3.8) is 0 Å². The second kappa shape index (κ2) is 15.0. The van der Waals surface area contributed by atoms with Gasteiger partial charge in [-0.3, -0.25) is 0 Å². The van der Waals surface area contributed by atoms with Gasteiger partial charge in [-0.25, -0.2) is 9.18 Å². The molecule has 0 atom stereocenters. The third-order valence-corrected chi connectivity index (χ3v) is 6.63. The molecule has 0 spiro atoms. The second-order valence-electron chi connectivity index (χ2n) is 9.65. The van der Waals surface area contributed by atoms with Gasteiger partial charge in [0.1, 0.15) is 11.6 Å². The fraction of sp³-hybridized carbons (Fsp3) is 0.567. The van der Waals surface area contributed by atoms with Crippen LogP contribution in [-0.4, -0.2) is 19.2 Å². The zero-order chi connectivity index (χ0) is 24.9. The number of hydrogen-bond acceptors (Lipinski definition) is 4. The maximum absolute atomic E-state index is 14.8. The molecule has 0 unspecified atom stereocenters. The van der Waals surface area contributed by atoms with Crippen LogP contribution in [0.3, 0.4) is 0 Å². The highest BCUT2D eigenvalue weighted by Gasteiger charge is 2.26. The first-order chi connectivity index (χ1) is 17.1. The molecule has 0 bridgehead atoms. The summed E-state index contributed by atoms with van der Waals surface area (Å²) in [4.78, 5) is 12.5. The Morgan fingerprint density at radius 1 is 0.886 bits per heavy atom. The Labute approximate surface area is 210 Å². The molecule has 0 aromatic heterocycles. The Morgan fingerprint density at radius 2 is 1.54 bits per heavy atom. The van der Waals surface area contributed by atoms with E-state index in [2.05, 4.69) is 13.8 Å². The highest BCUT2D eigenvalue weighted by Crippen LogP contribution is 2.29. The Hall–Kier alpha value is -2.24. The summed E-state index contributed by atoms with van der Waals surface area (Å²) in [5, 5.41) is 0. The molecule has 5 heteroatoms. The number of rotatable bonds is 14. The number of benzene rings is 2. The van der Waals surface area contributed by atoms with Crippen molar-refractivity contribution in [2.24, 2.45) is 5.92 Å². The van der Waals surface area contributed by atoms with E-state index >= 15 is 0 Å².